The first-order chi connectivity index (χ1) is 8.61. The van der Waals surface area contributed by atoms with Crippen LogP contribution in [0.3, 0.4) is 0 Å². The highest BCUT2D eigenvalue weighted by Crippen LogP contribution is 2.16. The Balaban J connectivity index is 2.15. The van der Waals surface area contributed by atoms with Gasteiger partial charge in [-0.1, -0.05) is 11.6 Å². The molecule has 2 aromatic rings. The van der Waals surface area contributed by atoms with Gasteiger partial charge < -0.3 is 5.32 Å². The second kappa shape index (κ2) is 5.22. The summed E-state index contributed by atoms with van der Waals surface area (Å²) in [7, 11) is 1.85. The molecule has 0 spiro atoms. The highest BCUT2D eigenvalue weighted by molar-refractivity contribution is 6.32. The second-order valence-electron chi connectivity index (χ2n) is 3.87. The van der Waals surface area contributed by atoms with Gasteiger partial charge in [-0.15, -0.1) is 0 Å². The van der Waals surface area contributed by atoms with Gasteiger partial charge in [0, 0.05) is 31.9 Å². The average molecular weight is 268 g/mol. The van der Waals surface area contributed by atoms with Crippen molar-refractivity contribution in [3.8, 4) is 0 Å². The number of hydrogen-bond donors (Lipinski definition) is 1. The van der Waals surface area contributed by atoms with Gasteiger partial charge in [0.15, 0.2) is 0 Å². The zero-order chi connectivity index (χ0) is 13.1. The predicted octanol–water partition coefficient (Wildman–Crippen LogP) is 1.26. The van der Waals surface area contributed by atoms with Crippen molar-refractivity contribution in [1.29, 1.82) is 0 Å². The lowest BCUT2D eigenvalue weighted by atomic mass is 10.3. The van der Waals surface area contributed by atoms with Crippen molar-refractivity contribution in [3.05, 3.63) is 39.5 Å². The maximum Gasteiger partial charge on any atom is 0.287 e. The largest absolute Gasteiger partial charge is 0.378 e. The summed E-state index contributed by atoms with van der Waals surface area (Å²) in [6, 6.07) is 0. The molecule has 0 fully saturated rings. The number of rotatable bonds is 4. The number of aromatic nitrogens is 4. The Kier molecular flexibility index (Phi) is 3.66. The van der Waals surface area contributed by atoms with Crippen LogP contribution in [-0.4, -0.2) is 19.6 Å². The van der Waals surface area contributed by atoms with Crippen molar-refractivity contribution in [2.45, 2.75) is 20.0 Å². The smallest absolute Gasteiger partial charge is 0.287 e. The van der Waals surface area contributed by atoms with Gasteiger partial charge in [-0.2, -0.15) is 10.2 Å². The molecule has 0 aromatic carbocycles. The summed E-state index contributed by atoms with van der Waals surface area (Å²) in [4.78, 5) is 11.7. The number of hydrogen-bond acceptors (Lipinski definition) is 4. The molecule has 2 heterocycles. The van der Waals surface area contributed by atoms with Crippen LogP contribution in [0.1, 0.15) is 12.5 Å². The fraction of sp³-hybridized carbons (Fsp3) is 0.364. The van der Waals surface area contributed by atoms with E-state index in [0.29, 0.717) is 18.8 Å². The molecular weight excluding hydrogens is 254 g/mol. The van der Waals surface area contributed by atoms with Gasteiger partial charge in [0.1, 0.15) is 5.02 Å². The summed E-state index contributed by atoms with van der Waals surface area (Å²) in [5.74, 6) is 0. The van der Waals surface area contributed by atoms with Crippen LogP contribution in [0.15, 0.2) is 23.4 Å². The van der Waals surface area contributed by atoms with Crippen molar-refractivity contribution < 1.29 is 0 Å². The summed E-state index contributed by atoms with van der Waals surface area (Å²) in [5, 5.41) is 11.3. The molecule has 0 aliphatic heterocycles. The lowest BCUT2D eigenvalue weighted by Gasteiger charge is -2.08. The van der Waals surface area contributed by atoms with Crippen molar-refractivity contribution in [2.24, 2.45) is 7.05 Å². The van der Waals surface area contributed by atoms with E-state index >= 15 is 0 Å². The highest BCUT2D eigenvalue weighted by Gasteiger charge is 2.08. The Labute approximate surface area is 109 Å². The molecule has 1 N–H and O–H groups in total. The van der Waals surface area contributed by atoms with E-state index in [4.69, 9.17) is 11.6 Å². The van der Waals surface area contributed by atoms with E-state index in [1.54, 1.807) is 17.1 Å². The van der Waals surface area contributed by atoms with Crippen molar-refractivity contribution in [1.82, 2.24) is 19.6 Å². The van der Waals surface area contributed by atoms with Gasteiger partial charge in [0.2, 0.25) is 0 Å². The lowest BCUT2D eigenvalue weighted by molar-refractivity contribution is 0.616. The topological polar surface area (TPSA) is 64.7 Å². The van der Waals surface area contributed by atoms with Gasteiger partial charge >= 0.3 is 0 Å². The van der Waals surface area contributed by atoms with E-state index in [0.717, 1.165) is 5.56 Å². The first kappa shape index (κ1) is 12.6. The summed E-state index contributed by atoms with van der Waals surface area (Å²) in [6.07, 6.45) is 5.20. The van der Waals surface area contributed by atoms with E-state index in [1.165, 1.54) is 4.68 Å². The van der Waals surface area contributed by atoms with E-state index in [-0.39, 0.29) is 10.6 Å². The van der Waals surface area contributed by atoms with Crippen LogP contribution >= 0.6 is 11.6 Å². The first-order valence-electron chi connectivity index (χ1n) is 5.58. The van der Waals surface area contributed by atoms with Crippen molar-refractivity contribution in [3.63, 3.8) is 0 Å². The fourth-order valence-corrected chi connectivity index (χ4v) is 1.79. The maximum atomic E-state index is 11.7. The molecule has 0 unspecified atom stereocenters. The molecule has 0 aliphatic carbocycles. The van der Waals surface area contributed by atoms with Crippen LogP contribution in [0.4, 0.5) is 5.69 Å². The molecule has 18 heavy (non-hydrogen) atoms. The monoisotopic (exact) mass is 267 g/mol. The Bertz CT molecular complexity index is 604. The van der Waals surface area contributed by atoms with E-state index < -0.39 is 0 Å². The third-order valence-corrected chi connectivity index (χ3v) is 2.89. The second-order valence-corrected chi connectivity index (χ2v) is 4.25. The SMILES string of the molecule is CCn1ncc(NCc2cnn(C)c2)c(Cl)c1=O. The van der Waals surface area contributed by atoms with E-state index in [2.05, 4.69) is 15.5 Å². The number of halogens is 1. The Hall–Kier alpha value is -1.82. The number of nitrogens with zero attached hydrogens (tertiary/aromatic N) is 4. The summed E-state index contributed by atoms with van der Waals surface area (Å²) < 4.78 is 3.03. The Morgan fingerprint density at radius 1 is 1.39 bits per heavy atom. The highest BCUT2D eigenvalue weighted by atomic mass is 35.5. The van der Waals surface area contributed by atoms with Crippen LogP contribution < -0.4 is 10.9 Å². The third kappa shape index (κ3) is 2.53. The molecule has 0 radical (unpaired) electrons. The minimum absolute atomic E-state index is 0.163. The zero-order valence-electron chi connectivity index (χ0n) is 10.2. The van der Waals surface area contributed by atoms with Crippen molar-refractivity contribution in [2.75, 3.05) is 5.32 Å². The van der Waals surface area contributed by atoms with Gasteiger partial charge in [0.25, 0.3) is 5.56 Å². The van der Waals surface area contributed by atoms with Gasteiger partial charge in [0.05, 0.1) is 18.1 Å². The number of anilines is 1. The molecular formula is C11H14ClN5O. The minimum atomic E-state index is -0.282. The third-order valence-electron chi connectivity index (χ3n) is 2.53. The molecule has 0 amide bonds. The standard InChI is InChI=1S/C11H14ClN5O/c1-3-17-11(18)10(12)9(6-15-17)13-4-8-5-14-16(2)7-8/h5-7,13H,3-4H2,1-2H3. The fourth-order valence-electron chi connectivity index (χ4n) is 1.57. The van der Waals surface area contributed by atoms with Crippen LogP contribution in [0.25, 0.3) is 0 Å². The molecule has 96 valence electrons. The molecule has 0 atom stereocenters. The molecule has 0 saturated heterocycles. The summed E-state index contributed by atoms with van der Waals surface area (Å²) in [5.41, 5.74) is 1.26. The summed E-state index contributed by atoms with van der Waals surface area (Å²) >= 11 is 5.99. The van der Waals surface area contributed by atoms with E-state index in [1.807, 2.05) is 20.2 Å². The molecule has 2 rings (SSSR count). The van der Waals surface area contributed by atoms with Crippen LogP contribution in [0.5, 0.6) is 0 Å². The van der Waals surface area contributed by atoms with Crippen molar-refractivity contribution >= 4 is 17.3 Å². The average Bonchev–Trinajstić information content (AvgIpc) is 2.77. The van der Waals surface area contributed by atoms with Crippen LogP contribution in [0.2, 0.25) is 5.02 Å². The van der Waals surface area contributed by atoms with Gasteiger partial charge in [-0.05, 0) is 6.92 Å². The molecule has 0 aliphatic rings. The molecule has 0 saturated carbocycles. The lowest BCUT2D eigenvalue weighted by Crippen LogP contribution is -2.23. The normalized spacial score (nSPS) is 10.6. The Morgan fingerprint density at radius 2 is 2.17 bits per heavy atom. The molecule has 7 heteroatoms. The Morgan fingerprint density at radius 3 is 2.78 bits per heavy atom. The number of aryl methyl sites for hydroxylation is 2. The minimum Gasteiger partial charge on any atom is -0.378 e. The molecule has 6 nitrogen and oxygen atoms in total. The number of nitrogens with one attached hydrogen (secondary N) is 1. The molecule has 2 aromatic heterocycles. The van der Waals surface area contributed by atoms with Crippen LogP contribution in [0, 0.1) is 0 Å². The van der Waals surface area contributed by atoms with Gasteiger partial charge in [-0.3, -0.25) is 9.48 Å². The molecule has 0 bridgehead atoms. The predicted molar refractivity (Wildman–Crippen MR) is 69.7 cm³/mol. The quantitative estimate of drug-likeness (QED) is 0.906. The first-order valence-corrected chi connectivity index (χ1v) is 5.96. The van der Waals surface area contributed by atoms with E-state index in [9.17, 15) is 4.79 Å². The summed E-state index contributed by atoms with van der Waals surface area (Å²) in [6.45, 7) is 2.89. The van der Waals surface area contributed by atoms with Gasteiger partial charge in [-0.25, -0.2) is 4.68 Å². The van der Waals surface area contributed by atoms with Crippen LogP contribution in [-0.2, 0) is 20.1 Å². The maximum absolute atomic E-state index is 11.7. The zero-order valence-corrected chi connectivity index (χ0v) is 11.0.